The van der Waals surface area contributed by atoms with Gasteiger partial charge in [-0.25, -0.2) is 0 Å². The molecule has 64 valence electrons. The van der Waals surface area contributed by atoms with Gasteiger partial charge < -0.3 is 4.57 Å². The van der Waals surface area contributed by atoms with Gasteiger partial charge >= 0.3 is 0 Å². The molecule has 0 spiro atoms. The van der Waals surface area contributed by atoms with Crippen LogP contribution in [0.3, 0.4) is 0 Å². The summed E-state index contributed by atoms with van der Waals surface area (Å²) in [5.41, 5.74) is 3.41. The van der Waals surface area contributed by atoms with Crippen LogP contribution < -0.4 is 0 Å². The highest BCUT2D eigenvalue weighted by molar-refractivity contribution is 5.87. The number of fused-ring (bicyclic) bond motifs is 1. The fourth-order valence-corrected chi connectivity index (χ4v) is 1.62. The Hall–Kier alpha value is -1.68. The molecule has 0 N–H and O–H groups in total. The van der Waals surface area contributed by atoms with Crippen LogP contribution in [0.5, 0.6) is 0 Å². The molecule has 1 heteroatoms. The zero-order chi connectivity index (χ0) is 9.42. The van der Waals surface area contributed by atoms with E-state index in [1.54, 1.807) is 0 Å². The van der Waals surface area contributed by atoms with Crippen LogP contribution in [0.15, 0.2) is 24.3 Å². The molecule has 0 aliphatic rings. The van der Waals surface area contributed by atoms with Gasteiger partial charge in [-0.1, -0.05) is 12.0 Å². The Morgan fingerprint density at radius 2 is 2.15 bits per heavy atom. The smallest absolute Gasteiger partial charge is 0.0492 e. The van der Waals surface area contributed by atoms with Gasteiger partial charge in [0.05, 0.1) is 0 Å². The lowest BCUT2D eigenvalue weighted by Gasteiger charge is -1.98. The standard InChI is InChI=1S/C12H11N/c1-4-10-6-5-7-12-11(10)8-9(2)13(12)3/h1,5-8H,2-3H3. The lowest BCUT2D eigenvalue weighted by Crippen LogP contribution is -1.88. The maximum absolute atomic E-state index is 5.42. The molecular weight excluding hydrogens is 158 g/mol. The highest BCUT2D eigenvalue weighted by Gasteiger charge is 2.03. The predicted octanol–water partition coefficient (Wildman–Crippen LogP) is 2.47. The van der Waals surface area contributed by atoms with Gasteiger partial charge in [-0.3, -0.25) is 0 Å². The Kier molecular flexibility index (Phi) is 1.63. The van der Waals surface area contributed by atoms with Crippen molar-refractivity contribution >= 4 is 10.9 Å². The number of terminal acetylenes is 1. The molecule has 2 rings (SSSR count). The van der Waals surface area contributed by atoms with E-state index < -0.39 is 0 Å². The lowest BCUT2D eigenvalue weighted by atomic mass is 10.1. The quantitative estimate of drug-likeness (QED) is 0.534. The number of hydrogen-bond acceptors (Lipinski definition) is 0. The molecule has 0 aliphatic carbocycles. The Balaban J connectivity index is 2.95. The maximum atomic E-state index is 5.42. The van der Waals surface area contributed by atoms with Gasteiger partial charge in [0.15, 0.2) is 0 Å². The van der Waals surface area contributed by atoms with Crippen molar-refractivity contribution in [3.63, 3.8) is 0 Å². The van der Waals surface area contributed by atoms with Gasteiger partial charge in [0.2, 0.25) is 0 Å². The Morgan fingerprint density at radius 3 is 2.85 bits per heavy atom. The zero-order valence-corrected chi connectivity index (χ0v) is 7.83. The van der Waals surface area contributed by atoms with E-state index in [1.165, 1.54) is 16.6 Å². The second-order valence-corrected chi connectivity index (χ2v) is 3.23. The first kappa shape index (κ1) is 7.94. The average Bonchev–Trinajstić information content (AvgIpc) is 2.43. The van der Waals surface area contributed by atoms with E-state index in [-0.39, 0.29) is 0 Å². The molecule has 1 heterocycles. The summed E-state index contributed by atoms with van der Waals surface area (Å²) in [5, 5.41) is 1.17. The number of nitrogens with zero attached hydrogens (tertiary/aromatic N) is 1. The van der Waals surface area contributed by atoms with Crippen LogP contribution in [0, 0.1) is 19.3 Å². The van der Waals surface area contributed by atoms with E-state index in [2.05, 4.69) is 36.6 Å². The van der Waals surface area contributed by atoms with Gasteiger partial charge in [-0.05, 0) is 25.1 Å². The van der Waals surface area contributed by atoms with Crippen molar-refractivity contribution in [2.24, 2.45) is 7.05 Å². The number of aromatic nitrogens is 1. The number of benzene rings is 1. The van der Waals surface area contributed by atoms with Gasteiger partial charge in [-0.15, -0.1) is 6.42 Å². The van der Waals surface area contributed by atoms with E-state index in [9.17, 15) is 0 Å². The van der Waals surface area contributed by atoms with Crippen molar-refractivity contribution in [2.75, 3.05) is 0 Å². The van der Waals surface area contributed by atoms with E-state index in [4.69, 9.17) is 6.42 Å². The molecule has 0 fully saturated rings. The summed E-state index contributed by atoms with van der Waals surface area (Å²) < 4.78 is 2.15. The van der Waals surface area contributed by atoms with Gasteiger partial charge in [0.25, 0.3) is 0 Å². The Labute approximate surface area is 78.0 Å². The second kappa shape index (κ2) is 2.67. The van der Waals surface area contributed by atoms with Crippen LogP contribution in [-0.4, -0.2) is 4.57 Å². The maximum Gasteiger partial charge on any atom is 0.0492 e. The summed E-state index contributed by atoms with van der Waals surface area (Å²) in [6, 6.07) is 8.19. The molecule has 0 radical (unpaired) electrons. The third kappa shape index (κ3) is 1.03. The highest BCUT2D eigenvalue weighted by Crippen LogP contribution is 2.21. The molecule has 1 aromatic heterocycles. The van der Waals surface area contributed by atoms with E-state index in [0.29, 0.717) is 0 Å². The summed E-state index contributed by atoms with van der Waals surface area (Å²) in [7, 11) is 2.05. The van der Waals surface area contributed by atoms with Crippen LogP contribution in [0.4, 0.5) is 0 Å². The van der Waals surface area contributed by atoms with E-state index >= 15 is 0 Å². The van der Waals surface area contributed by atoms with Crippen molar-refractivity contribution in [3.8, 4) is 12.3 Å². The zero-order valence-electron chi connectivity index (χ0n) is 7.83. The SMILES string of the molecule is C#Cc1cccc2c1cc(C)n2C. The molecule has 2 aromatic rings. The highest BCUT2D eigenvalue weighted by atomic mass is 14.9. The van der Waals surface area contributed by atoms with Crippen molar-refractivity contribution in [1.82, 2.24) is 4.57 Å². The second-order valence-electron chi connectivity index (χ2n) is 3.23. The first-order valence-corrected chi connectivity index (χ1v) is 4.25. The first-order valence-electron chi connectivity index (χ1n) is 4.25. The van der Waals surface area contributed by atoms with Crippen LogP contribution in [0.25, 0.3) is 10.9 Å². The molecule has 0 bridgehead atoms. The monoisotopic (exact) mass is 169 g/mol. The molecule has 1 nitrogen and oxygen atoms in total. The molecule has 0 aliphatic heterocycles. The molecule has 0 amide bonds. The molecule has 0 atom stereocenters. The molecule has 0 saturated carbocycles. The summed E-state index contributed by atoms with van der Waals surface area (Å²) >= 11 is 0. The fraction of sp³-hybridized carbons (Fsp3) is 0.167. The minimum Gasteiger partial charge on any atom is -0.348 e. The van der Waals surface area contributed by atoms with Gasteiger partial charge in [0.1, 0.15) is 0 Å². The van der Waals surface area contributed by atoms with E-state index in [0.717, 1.165) is 5.56 Å². The number of aryl methyl sites for hydroxylation is 2. The van der Waals surface area contributed by atoms with Crippen LogP contribution in [0.2, 0.25) is 0 Å². The summed E-state index contributed by atoms with van der Waals surface area (Å²) in [4.78, 5) is 0. The number of rotatable bonds is 0. The summed E-state index contributed by atoms with van der Waals surface area (Å²) in [5.74, 6) is 2.70. The third-order valence-electron chi connectivity index (χ3n) is 2.48. The number of hydrogen-bond donors (Lipinski definition) is 0. The summed E-state index contributed by atoms with van der Waals surface area (Å²) in [6.07, 6.45) is 5.42. The third-order valence-corrected chi connectivity index (χ3v) is 2.48. The van der Waals surface area contributed by atoms with Crippen molar-refractivity contribution in [1.29, 1.82) is 0 Å². The van der Waals surface area contributed by atoms with Crippen LogP contribution in [0.1, 0.15) is 11.3 Å². The van der Waals surface area contributed by atoms with Gasteiger partial charge in [-0.2, -0.15) is 0 Å². The van der Waals surface area contributed by atoms with Crippen molar-refractivity contribution < 1.29 is 0 Å². The predicted molar refractivity (Wildman–Crippen MR) is 55.6 cm³/mol. The fourth-order valence-electron chi connectivity index (χ4n) is 1.62. The summed E-state index contributed by atoms with van der Waals surface area (Å²) in [6.45, 7) is 2.08. The molecular formula is C12H11N. The van der Waals surface area contributed by atoms with Gasteiger partial charge in [0, 0.05) is 29.2 Å². The largest absolute Gasteiger partial charge is 0.348 e. The van der Waals surface area contributed by atoms with Crippen LogP contribution in [-0.2, 0) is 7.05 Å². The van der Waals surface area contributed by atoms with Crippen LogP contribution >= 0.6 is 0 Å². The molecule has 13 heavy (non-hydrogen) atoms. The first-order chi connectivity index (χ1) is 6.24. The minimum atomic E-state index is 0.973. The topological polar surface area (TPSA) is 4.93 Å². The minimum absolute atomic E-state index is 0.973. The van der Waals surface area contributed by atoms with Crippen molar-refractivity contribution in [3.05, 3.63) is 35.5 Å². The lowest BCUT2D eigenvalue weighted by molar-refractivity contribution is 0.918. The average molecular weight is 169 g/mol. The van der Waals surface area contributed by atoms with Crippen molar-refractivity contribution in [2.45, 2.75) is 6.92 Å². The van der Waals surface area contributed by atoms with E-state index in [1.807, 2.05) is 12.1 Å². The molecule has 0 unspecified atom stereocenters. The normalized spacial score (nSPS) is 10.2. The Morgan fingerprint density at radius 1 is 1.38 bits per heavy atom. The molecule has 0 saturated heterocycles. The molecule has 1 aromatic carbocycles. The Bertz CT molecular complexity index is 498.